The zero-order valence-corrected chi connectivity index (χ0v) is 12.7. The predicted molar refractivity (Wildman–Crippen MR) is 82.8 cm³/mol. The third-order valence-electron chi connectivity index (χ3n) is 3.97. The summed E-state index contributed by atoms with van der Waals surface area (Å²) in [7, 11) is 0. The Morgan fingerprint density at radius 1 is 1.24 bits per heavy atom. The predicted octanol–water partition coefficient (Wildman–Crippen LogP) is 2.36. The van der Waals surface area contributed by atoms with Gasteiger partial charge in [-0.1, -0.05) is 31.2 Å². The lowest BCUT2D eigenvalue weighted by molar-refractivity contribution is 0.277. The molecule has 0 aliphatic heterocycles. The Morgan fingerprint density at radius 2 is 1.86 bits per heavy atom. The molecule has 0 aliphatic rings. The Hall–Kier alpha value is -2.30. The molecule has 0 aliphatic carbocycles. The molecule has 112 valence electrons. The molecule has 5 nitrogen and oxygen atoms in total. The first kappa shape index (κ1) is 15.1. The summed E-state index contributed by atoms with van der Waals surface area (Å²) in [6.45, 7) is 7.46. The number of aromatic nitrogens is 2. The lowest BCUT2D eigenvalue weighted by atomic mass is 9.99. The van der Waals surface area contributed by atoms with Gasteiger partial charge in [0.15, 0.2) is 0 Å². The van der Waals surface area contributed by atoms with Crippen LogP contribution in [0, 0.1) is 6.92 Å². The minimum atomic E-state index is -0.596. The van der Waals surface area contributed by atoms with E-state index in [-0.39, 0.29) is 11.4 Å². The lowest BCUT2D eigenvalue weighted by Gasteiger charge is -2.27. The first-order valence-electron chi connectivity index (χ1n) is 6.94. The van der Waals surface area contributed by atoms with Crippen molar-refractivity contribution in [1.82, 2.24) is 9.55 Å². The quantitative estimate of drug-likeness (QED) is 0.910. The smallest absolute Gasteiger partial charge is 0.331 e. The second-order valence-electron chi connectivity index (χ2n) is 5.77. The van der Waals surface area contributed by atoms with Crippen LogP contribution in [0.15, 0.2) is 33.9 Å². The summed E-state index contributed by atoms with van der Waals surface area (Å²) < 4.78 is 1.25. The van der Waals surface area contributed by atoms with Crippen LogP contribution in [0.25, 0.3) is 11.1 Å². The Morgan fingerprint density at radius 3 is 2.43 bits per heavy atom. The van der Waals surface area contributed by atoms with Crippen LogP contribution in [0.2, 0.25) is 0 Å². The molecule has 0 radical (unpaired) electrons. The molecule has 2 rings (SSSR count). The fourth-order valence-corrected chi connectivity index (χ4v) is 2.34. The summed E-state index contributed by atoms with van der Waals surface area (Å²) in [6, 6.07) is 7.26. The van der Waals surface area contributed by atoms with Gasteiger partial charge in [0.1, 0.15) is 5.56 Å². The van der Waals surface area contributed by atoms with Gasteiger partial charge in [-0.25, -0.2) is 4.79 Å². The van der Waals surface area contributed by atoms with Gasteiger partial charge in [-0.3, -0.25) is 14.3 Å². The molecule has 0 atom stereocenters. The van der Waals surface area contributed by atoms with Gasteiger partial charge in [-0.15, -0.1) is 0 Å². The Balaban J connectivity index is 2.87. The molecule has 2 aromatic rings. The van der Waals surface area contributed by atoms with Crippen molar-refractivity contribution in [2.24, 2.45) is 0 Å². The number of aromatic hydroxyl groups is 1. The fourth-order valence-electron chi connectivity index (χ4n) is 2.34. The summed E-state index contributed by atoms with van der Waals surface area (Å²) in [5.41, 5.74) is -0.149. The van der Waals surface area contributed by atoms with Crippen LogP contribution in [0.4, 0.5) is 0 Å². The minimum Gasteiger partial charge on any atom is -0.494 e. The highest BCUT2D eigenvalue weighted by atomic mass is 16.3. The first-order valence-corrected chi connectivity index (χ1v) is 6.94. The van der Waals surface area contributed by atoms with Crippen molar-refractivity contribution in [1.29, 1.82) is 0 Å². The maximum atomic E-state index is 12.2. The number of nitrogens with one attached hydrogen (secondary N) is 1. The summed E-state index contributed by atoms with van der Waals surface area (Å²) in [5, 5.41) is 10.5. The van der Waals surface area contributed by atoms with Crippen LogP contribution in [0.1, 0.15) is 32.8 Å². The number of H-pyrrole nitrogens is 1. The van der Waals surface area contributed by atoms with Crippen molar-refractivity contribution in [3.8, 4) is 17.0 Å². The highest BCUT2D eigenvalue weighted by Crippen LogP contribution is 2.31. The number of benzene rings is 1. The van der Waals surface area contributed by atoms with E-state index in [9.17, 15) is 14.7 Å². The van der Waals surface area contributed by atoms with Crippen LogP contribution >= 0.6 is 0 Å². The van der Waals surface area contributed by atoms with Crippen molar-refractivity contribution in [2.75, 3.05) is 0 Å². The van der Waals surface area contributed by atoms with Crippen molar-refractivity contribution in [3.05, 3.63) is 50.7 Å². The molecule has 0 fully saturated rings. The van der Waals surface area contributed by atoms with Crippen LogP contribution in [0.3, 0.4) is 0 Å². The molecule has 1 aromatic heterocycles. The van der Waals surface area contributed by atoms with Gasteiger partial charge in [0.25, 0.3) is 5.56 Å². The number of hydrogen-bond donors (Lipinski definition) is 2. The van der Waals surface area contributed by atoms with Crippen molar-refractivity contribution in [3.63, 3.8) is 0 Å². The molecule has 0 amide bonds. The van der Waals surface area contributed by atoms with Gasteiger partial charge in [0.05, 0.1) is 0 Å². The number of nitrogens with zero attached hydrogens (tertiary/aromatic N) is 1. The normalized spacial score (nSPS) is 11.6. The monoisotopic (exact) mass is 288 g/mol. The first-order chi connectivity index (χ1) is 9.79. The molecular formula is C16H20N2O3. The second kappa shape index (κ2) is 5.24. The lowest BCUT2D eigenvalue weighted by Crippen LogP contribution is -2.40. The minimum absolute atomic E-state index is 0.134. The number of hydrogen-bond acceptors (Lipinski definition) is 3. The van der Waals surface area contributed by atoms with Gasteiger partial charge >= 0.3 is 5.69 Å². The average Bonchev–Trinajstić information content (AvgIpc) is 2.40. The molecule has 0 saturated carbocycles. The molecule has 5 heteroatoms. The van der Waals surface area contributed by atoms with Crippen LogP contribution in [-0.2, 0) is 5.54 Å². The maximum absolute atomic E-state index is 12.2. The molecule has 0 spiro atoms. The fraction of sp³-hybridized carbons (Fsp3) is 0.375. The van der Waals surface area contributed by atoms with Gasteiger partial charge in [0.2, 0.25) is 5.88 Å². The molecule has 1 aromatic carbocycles. The molecular weight excluding hydrogens is 268 g/mol. The number of rotatable bonds is 3. The van der Waals surface area contributed by atoms with Crippen LogP contribution in [0.5, 0.6) is 5.88 Å². The van der Waals surface area contributed by atoms with Gasteiger partial charge in [-0.2, -0.15) is 0 Å². The topological polar surface area (TPSA) is 75.1 Å². The van der Waals surface area contributed by atoms with E-state index in [1.807, 2.05) is 39.8 Å². The van der Waals surface area contributed by atoms with E-state index >= 15 is 0 Å². The summed E-state index contributed by atoms with van der Waals surface area (Å²) >= 11 is 0. The zero-order chi connectivity index (χ0) is 15.8. The van der Waals surface area contributed by atoms with Gasteiger partial charge < -0.3 is 5.11 Å². The van der Waals surface area contributed by atoms with Crippen LogP contribution in [-0.4, -0.2) is 14.7 Å². The SMILES string of the molecule is CCC(C)(C)n1c(O)c(-c2ccccc2C)c(=O)[nH]c1=O. The standard InChI is InChI=1S/C16H20N2O3/c1-5-16(3,4)18-14(20)12(13(19)17-15(18)21)11-9-7-6-8-10(11)2/h6-9,20H,5H2,1-4H3,(H,17,19,21). The highest BCUT2D eigenvalue weighted by Gasteiger charge is 2.26. The second-order valence-corrected chi connectivity index (χ2v) is 5.77. The average molecular weight is 288 g/mol. The molecule has 0 unspecified atom stereocenters. The van der Waals surface area contributed by atoms with E-state index in [1.54, 1.807) is 12.1 Å². The van der Waals surface area contributed by atoms with E-state index in [0.29, 0.717) is 12.0 Å². The summed E-state index contributed by atoms with van der Waals surface area (Å²) in [4.78, 5) is 26.5. The number of aryl methyl sites for hydroxylation is 1. The van der Waals surface area contributed by atoms with E-state index in [0.717, 1.165) is 5.56 Å². The summed E-state index contributed by atoms with van der Waals surface area (Å²) in [5.74, 6) is -0.287. The summed E-state index contributed by atoms with van der Waals surface area (Å²) in [6.07, 6.45) is 0.639. The third-order valence-corrected chi connectivity index (χ3v) is 3.97. The van der Waals surface area contributed by atoms with E-state index in [4.69, 9.17) is 0 Å². The Labute approximate surface area is 122 Å². The maximum Gasteiger partial charge on any atom is 0.331 e. The van der Waals surface area contributed by atoms with E-state index in [2.05, 4.69) is 4.98 Å². The molecule has 21 heavy (non-hydrogen) atoms. The third kappa shape index (κ3) is 2.51. The van der Waals surface area contributed by atoms with Crippen LogP contribution < -0.4 is 11.2 Å². The van der Waals surface area contributed by atoms with Gasteiger partial charge in [-0.05, 0) is 38.3 Å². The Bertz CT molecular complexity index is 785. The van der Waals surface area contributed by atoms with E-state index in [1.165, 1.54) is 4.57 Å². The molecule has 2 N–H and O–H groups in total. The largest absolute Gasteiger partial charge is 0.494 e. The zero-order valence-electron chi connectivity index (χ0n) is 12.7. The number of aromatic amines is 1. The van der Waals surface area contributed by atoms with Crippen molar-refractivity contribution < 1.29 is 5.11 Å². The van der Waals surface area contributed by atoms with E-state index < -0.39 is 16.8 Å². The molecule has 1 heterocycles. The van der Waals surface area contributed by atoms with Crippen molar-refractivity contribution in [2.45, 2.75) is 39.7 Å². The van der Waals surface area contributed by atoms with Crippen molar-refractivity contribution >= 4 is 0 Å². The van der Waals surface area contributed by atoms with Gasteiger partial charge in [0, 0.05) is 5.54 Å². The molecule has 0 bridgehead atoms. The Kier molecular flexibility index (Phi) is 3.77. The molecule has 0 saturated heterocycles. The highest BCUT2D eigenvalue weighted by molar-refractivity contribution is 5.70.